The van der Waals surface area contributed by atoms with Crippen LogP contribution in [0.2, 0.25) is 0 Å². The molecular weight excluding hydrogens is 222 g/mol. The van der Waals surface area contributed by atoms with E-state index >= 15 is 0 Å². The minimum atomic E-state index is 0.350. The van der Waals surface area contributed by atoms with Gasteiger partial charge in [0, 0.05) is 12.2 Å². The van der Waals surface area contributed by atoms with Gasteiger partial charge in [-0.1, -0.05) is 25.6 Å². The Labute approximate surface area is 100 Å². The molecule has 0 bridgehead atoms. The van der Waals surface area contributed by atoms with Crippen LogP contribution in [-0.2, 0) is 0 Å². The monoisotopic (exact) mass is 239 g/mol. The Morgan fingerprint density at radius 3 is 2.69 bits per heavy atom. The molecule has 0 saturated carbocycles. The molecular formula is C11H17N3OS. The number of thioether (sulfide) groups is 1. The summed E-state index contributed by atoms with van der Waals surface area (Å²) in [6, 6.07) is 0.350. The highest BCUT2D eigenvalue weighted by molar-refractivity contribution is 7.98. The molecule has 4 nitrogen and oxygen atoms in total. The fourth-order valence-corrected chi connectivity index (χ4v) is 1.70. The average Bonchev–Trinajstić information content (AvgIpc) is 2.35. The Morgan fingerprint density at radius 2 is 2.19 bits per heavy atom. The van der Waals surface area contributed by atoms with Crippen LogP contribution in [-0.4, -0.2) is 28.6 Å². The van der Waals surface area contributed by atoms with Gasteiger partial charge in [0.15, 0.2) is 11.4 Å². The predicted octanol–water partition coefficient (Wildman–Crippen LogP) is 2.61. The van der Waals surface area contributed by atoms with E-state index in [-0.39, 0.29) is 0 Å². The first-order chi connectivity index (χ1) is 7.74. The number of rotatable bonds is 6. The first kappa shape index (κ1) is 13.0. The Balaban J connectivity index is 2.94. The Hall–Kier alpha value is -1.10. The maximum absolute atomic E-state index is 10.9. The summed E-state index contributed by atoms with van der Waals surface area (Å²) >= 11 is 1.47. The van der Waals surface area contributed by atoms with Gasteiger partial charge in [-0.05, 0) is 19.1 Å². The lowest BCUT2D eigenvalue weighted by atomic mass is 10.1. The number of aldehydes is 1. The van der Waals surface area contributed by atoms with Crippen molar-refractivity contribution in [2.24, 2.45) is 0 Å². The van der Waals surface area contributed by atoms with Crippen LogP contribution >= 0.6 is 11.8 Å². The molecule has 0 radical (unpaired) electrons. The second-order valence-electron chi connectivity index (χ2n) is 3.44. The normalized spacial score (nSPS) is 10.5. The van der Waals surface area contributed by atoms with Crippen molar-refractivity contribution < 1.29 is 4.79 Å². The SMILES string of the molecule is CCC(CC)Nc1nc(SC)ncc1C=O. The molecule has 88 valence electrons. The molecule has 0 aromatic carbocycles. The number of carbonyl (C=O) groups is 1. The van der Waals surface area contributed by atoms with E-state index in [1.165, 1.54) is 11.8 Å². The van der Waals surface area contributed by atoms with Gasteiger partial charge in [0.1, 0.15) is 5.82 Å². The molecule has 5 heteroatoms. The van der Waals surface area contributed by atoms with E-state index < -0.39 is 0 Å². The van der Waals surface area contributed by atoms with E-state index in [9.17, 15) is 4.79 Å². The molecule has 0 saturated heterocycles. The predicted molar refractivity (Wildman–Crippen MR) is 67.2 cm³/mol. The smallest absolute Gasteiger partial charge is 0.189 e. The molecule has 16 heavy (non-hydrogen) atoms. The summed E-state index contributed by atoms with van der Waals surface area (Å²) in [6.07, 6.45) is 6.28. The summed E-state index contributed by atoms with van der Waals surface area (Å²) in [5.41, 5.74) is 0.518. The van der Waals surface area contributed by atoms with Crippen LogP contribution in [0.4, 0.5) is 5.82 Å². The lowest BCUT2D eigenvalue weighted by Crippen LogP contribution is -2.19. The van der Waals surface area contributed by atoms with E-state index in [2.05, 4.69) is 29.1 Å². The number of carbonyl (C=O) groups excluding carboxylic acids is 1. The molecule has 0 fully saturated rings. The number of aromatic nitrogens is 2. The van der Waals surface area contributed by atoms with Crippen LogP contribution in [0.1, 0.15) is 37.0 Å². The standard InChI is InChI=1S/C11H17N3OS/c1-4-9(5-2)13-10-8(7-15)6-12-11(14-10)16-3/h6-7,9H,4-5H2,1-3H3,(H,12,13,14). The Kier molecular flexibility index (Phi) is 5.25. The van der Waals surface area contributed by atoms with Crippen molar-refractivity contribution in [3.63, 3.8) is 0 Å². The summed E-state index contributed by atoms with van der Waals surface area (Å²) < 4.78 is 0. The Bertz CT molecular complexity index is 353. The summed E-state index contributed by atoms with van der Waals surface area (Å²) in [7, 11) is 0. The summed E-state index contributed by atoms with van der Waals surface area (Å²) in [5, 5.41) is 3.96. The molecule has 0 unspecified atom stereocenters. The fraction of sp³-hybridized carbons (Fsp3) is 0.545. The van der Waals surface area contributed by atoms with Crippen molar-refractivity contribution in [2.45, 2.75) is 37.9 Å². The van der Waals surface area contributed by atoms with Crippen molar-refractivity contribution in [3.8, 4) is 0 Å². The highest BCUT2D eigenvalue weighted by Gasteiger charge is 2.10. The quantitative estimate of drug-likeness (QED) is 0.470. The van der Waals surface area contributed by atoms with E-state index in [0.717, 1.165) is 19.1 Å². The topological polar surface area (TPSA) is 54.9 Å². The minimum Gasteiger partial charge on any atom is -0.367 e. The van der Waals surface area contributed by atoms with Gasteiger partial charge in [0.05, 0.1) is 5.56 Å². The molecule has 1 aromatic rings. The number of nitrogens with one attached hydrogen (secondary N) is 1. The maximum Gasteiger partial charge on any atom is 0.189 e. The summed E-state index contributed by atoms with van der Waals surface area (Å²) in [5.74, 6) is 0.642. The van der Waals surface area contributed by atoms with Crippen molar-refractivity contribution in [2.75, 3.05) is 11.6 Å². The molecule has 1 heterocycles. The number of nitrogens with zero attached hydrogens (tertiary/aromatic N) is 2. The third kappa shape index (κ3) is 3.20. The highest BCUT2D eigenvalue weighted by Crippen LogP contribution is 2.17. The van der Waals surface area contributed by atoms with E-state index in [4.69, 9.17) is 0 Å². The van der Waals surface area contributed by atoms with E-state index in [1.807, 2.05) is 6.26 Å². The second kappa shape index (κ2) is 6.48. The van der Waals surface area contributed by atoms with Gasteiger partial charge in [0.2, 0.25) is 0 Å². The van der Waals surface area contributed by atoms with Gasteiger partial charge in [-0.25, -0.2) is 9.97 Å². The van der Waals surface area contributed by atoms with Crippen molar-refractivity contribution in [1.82, 2.24) is 9.97 Å². The molecule has 0 aliphatic rings. The van der Waals surface area contributed by atoms with Crippen LogP contribution in [0.3, 0.4) is 0 Å². The van der Waals surface area contributed by atoms with Crippen molar-refractivity contribution in [3.05, 3.63) is 11.8 Å². The third-order valence-electron chi connectivity index (χ3n) is 2.43. The van der Waals surface area contributed by atoms with Crippen LogP contribution in [0.15, 0.2) is 11.4 Å². The molecule has 0 amide bonds. The lowest BCUT2D eigenvalue weighted by Gasteiger charge is -2.16. The van der Waals surface area contributed by atoms with Gasteiger partial charge < -0.3 is 5.32 Å². The first-order valence-corrected chi connectivity index (χ1v) is 6.60. The maximum atomic E-state index is 10.9. The average molecular weight is 239 g/mol. The zero-order chi connectivity index (χ0) is 12.0. The Morgan fingerprint density at radius 1 is 1.50 bits per heavy atom. The molecule has 0 aliphatic heterocycles. The van der Waals surface area contributed by atoms with Crippen LogP contribution in [0, 0.1) is 0 Å². The minimum absolute atomic E-state index is 0.350. The van der Waals surface area contributed by atoms with Gasteiger partial charge in [0.25, 0.3) is 0 Å². The number of hydrogen-bond donors (Lipinski definition) is 1. The van der Waals surface area contributed by atoms with Crippen LogP contribution in [0.25, 0.3) is 0 Å². The first-order valence-electron chi connectivity index (χ1n) is 5.37. The highest BCUT2D eigenvalue weighted by atomic mass is 32.2. The lowest BCUT2D eigenvalue weighted by molar-refractivity contribution is 0.112. The van der Waals surface area contributed by atoms with Crippen LogP contribution < -0.4 is 5.32 Å². The van der Waals surface area contributed by atoms with E-state index in [0.29, 0.717) is 22.6 Å². The zero-order valence-electron chi connectivity index (χ0n) is 9.86. The van der Waals surface area contributed by atoms with Crippen molar-refractivity contribution >= 4 is 23.9 Å². The summed E-state index contributed by atoms with van der Waals surface area (Å²) in [6.45, 7) is 4.22. The van der Waals surface area contributed by atoms with Gasteiger partial charge in [-0.3, -0.25) is 4.79 Å². The largest absolute Gasteiger partial charge is 0.367 e. The van der Waals surface area contributed by atoms with Crippen molar-refractivity contribution in [1.29, 1.82) is 0 Å². The van der Waals surface area contributed by atoms with Gasteiger partial charge in [-0.2, -0.15) is 0 Å². The third-order valence-corrected chi connectivity index (χ3v) is 2.99. The molecule has 1 rings (SSSR count). The summed E-state index contributed by atoms with van der Waals surface area (Å²) in [4.78, 5) is 19.2. The number of anilines is 1. The van der Waals surface area contributed by atoms with Gasteiger partial charge in [-0.15, -0.1) is 0 Å². The molecule has 1 N–H and O–H groups in total. The molecule has 1 aromatic heterocycles. The fourth-order valence-electron chi connectivity index (χ4n) is 1.36. The van der Waals surface area contributed by atoms with Crippen LogP contribution in [0.5, 0.6) is 0 Å². The second-order valence-corrected chi connectivity index (χ2v) is 4.21. The van der Waals surface area contributed by atoms with Gasteiger partial charge >= 0.3 is 0 Å². The molecule has 0 spiro atoms. The molecule has 0 aliphatic carbocycles. The van der Waals surface area contributed by atoms with E-state index in [1.54, 1.807) is 6.20 Å². The number of hydrogen-bond acceptors (Lipinski definition) is 5. The zero-order valence-corrected chi connectivity index (χ0v) is 10.7. The molecule has 0 atom stereocenters.